The lowest BCUT2D eigenvalue weighted by atomic mass is 10.2. The highest BCUT2D eigenvalue weighted by Gasteiger charge is 2.10. The van der Waals surface area contributed by atoms with E-state index in [1.165, 1.54) is 49.0 Å². The molecule has 1 aromatic carbocycles. The Hall–Kier alpha value is -1.13. The van der Waals surface area contributed by atoms with Gasteiger partial charge in [-0.3, -0.25) is 4.90 Å². The SMILES string of the molecule is Nc1nc2ccc(CN3CCCCCC3)cc2s1. The van der Waals surface area contributed by atoms with Crippen LogP contribution in [0.5, 0.6) is 0 Å². The second-order valence-electron chi connectivity index (χ2n) is 5.04. The highest BCUT2D eigenvalue weighted by atomic mass is 32.1. The van der Waals surface area contributed by atoms with Crippen LogP contribution in [-0.4, -0.2) is 23.0 Å². The molecule has 0 atom stereocenters. The molecule has 1 saturated heterocycles. The number of benzene rings is 1. The van der Waals surface area contributed by atoms with Gasteiger partial charge in [-0.25, -0.2) is 4.98 Å². The van der Waals surface area contributed by atoms with Gasteiger partial charge in [0.15, 0.2) is 5.13 Å². The monoisotopic (exact) mass is 261 g/mol. The minimum Gasteiger partial charge on any atom is -0.375 e. The summed E-state index contributed by atoms with van der Waals surface area (Å²) in [7, 11) is 0. The zero-order valence-electron chi connectivity index (χ0n) is 10.6. The number of nitrogens with zero attached hydrogens (tertiary/aromatic N) is 2. The first-order valence-corrected chi connectivity index (χ1v) is 7.50. The van der Waals surface area contributed by atoms with Gasteiger partial charge in [-0.2, -0.15) is 0 Å². The van der Waals surface area contributed by atoms with E-state index in [0.717, 1.165) is 12.1 Å². The Balaban J connectivity index is 1.76. The van der Waals surface area contributed by atoms with Crippen molar-refractivity contribution in [2.24, 2.45) is 0 Å². The average Bonchev–Trinajstić information content (AvgIpc) is 2.56. The van der Waals surface area contributed by atoms with Gasteiger partial charge >= 0.3 is 0 Å². The number of nitrogens with two attached hydrogens (primary N) is 1. The number of nitrogen functional groups attached to an aromatic ring is 1. The largest absolute Gasteiger partial charge is 0.375 e. The summed E-state index contributed by atoms with van der Waals surface area (Å²) in [5.41, 5.74) is 8.15. The minimum atomic E-state index is 0.664. The predicted octanol–water partition coefficient (Wildman–Crippen LogP) is 3.25. The lowest BCUT2D eigenvalue weighted by Crippen LogP contribution is -2.23. The number of likely N-dealkylation sites (tertiary alicyclic amines) is 1. The Bertz CT molecular complexity index is 527. The third-order valence-electron chi connectivity index (χ3n) is 3.57. The molecule has 2 heterocycles. The molecule has 18 heavy (non-hydrogen) atoms. The normalized spacial score (nSPS) is 18.0. The number of hydrogen-bond donors (Lipinski definition) is 1. The lowest BCUT2D eigenvalue weighted by Gasteiger charge is -2.19. The first-order chi connectivity index (χ1) is 8.81. The van der Waals surface area contributed by atoms with Crippen LogP contribution in [-0.2, 0) is 6.54 Å². The number of hydrogen-bond acceptors (Lipinski definition) is 4. The van der Waals surface area contributed by atoms with Crippen LogP contribution in [0, 0.1) is 0 Å². The number of thiazole rings is 1. The van der Waals surface area contributed by atoms with Crippen molar-refractivity contribution < 1.29 is 0 Å². The molecule has 0 spiro atoms. The molecule has 0 unspecified atom stereocenters. The second-order valence-corrected chi connectivity index (χ2v) is 6.11. The van der Waals surface area contributed by atoms with Gasteiger partial charge in [-0.1, -0.05) is 30.2 Å². The molecular formula is C14H19N3S. The van der Waals surface area contributed by atoms with E-state index in [9.17, 15) is 0 Å². The van der Waals surface area contributed by atoms with Gasteiger partial charge < -0.3 is 5.73 Å². The number of aromatic nitrogens is 1. The Kier molecular flexibility index (Phi) is 3.48. The predicted molar refractivity (Wildman–Crippen MR) is 77.8 cm³/mol. The molecule has 4 heteroatoms. The maximum absolute atomic E-state index is 5.74. The van der Waals surface area contributed by atoms with Gasteiger partial charge in [0, 0.05) is 6.54 Å². The molecule has 0 bridgehead atoms. The Morgan fingerprint density at radius 3 is 2.72 bits per heavy atom. The maximum Gasteiger partial charge on any atom is 0.181 e. The Morgan fingerprint density at radius 1 is 1.17 bits per heavy atom. The van der Waals surface area contributed by atoms with Crippen LogP contribution < -0.4 is 5.73 Å². The summed E-state index contributed by atoms with van der Waals surface area (Å²) in [5, 5.41) is 0.664. The van der Waals surface area contributed by atoms with E-state index < -0.39 is 0 Å². The van der Waals surface area contributed by atoms with E-state index in [-0.39, 0.29) is 0 Å². The summed E-state index contributed by atoms with van der Waals surface area (Å²) in [5.74, 6) is 0. The van der Waals surface area contributed by atoms with Crippen molar-refractivity contribution in [1.82, 2.24) is 9.88 Å². The number of anilines is 1. The molecule has 0 amide bonds. The van der Waals surface area contributed by atoms with Gasteiger partial charge in [-0.05, 0) is 43.6 Å². The highest BCUT2D eigenvalue weighted by molar-refractivity contribution is 7.22. The van der Waals surface area contributed by atoms with Crippen LogP contribution in [0.1, 0.15) is 31.2 Å². The minimum absolute atomic E-state index is 0.664. The third-order valence-corrected chi connectivity index (χ3v) is 4.42. The zero-order valence-corrected chi connectivity index (χ0v) is 11.4. The molecule has 1 aromatic heterocycles. The van der Waals surface area contributed by atoms with E-state index in [1.54, 1.807) is 11.3 Å². The van der Waals surface area contributed by atoms with Gasteiger partial charge in [0.1, 0.15) is 0 Å². The lowest BCUT2D eigenvalue weighted by molar-refractivity contribution is 0.277. The van der Waals surface area contributed by atoms with E-state index in [4.69, 9.17) is 5.73 Å². The average molecular weight is 261 g/mol. The van der Waals surface area contributed by atoms with Gasteiger partial charge in [0.2, 0.25) is 0 Å². The fourth-order valence-electron chi connectivity index (χ4n) is 2.64. The second kappa shape index (κ2) is 5.24. The van der Waals surface area contributed by atoms with E-state index in [2.05, 4.69) is 28.1 Å². The van der Waals surface area contributed by atoms with Crippen LogP contribution in [0.2, 0.25) is 0 Å². The van der Waals surface area contributed by atoms with Crippen molar-refractivity contribution in [3.8, 4) is 0 Å². The molecule has 0 radical (unpaired) electrons. The zero-order chi connectivity index (χ0) is 12.4. The summed E-state index contributed by atoms with van der Waals surface area (Å²) in [6.07, 6.45) is 5.47. The van der Waals surface area contributed by atoms with Crippen LogP contribution >= 0.6 is 11.3 Å². The van der Waals surface area contributed by atoms with Crippen molar-refractivity contribution in [1.29, 1.82) is 0 Å². The van der Waals surface area contributed by atoms with Gasteiger partial charge in [-0.15, -0.1) is 0 Å². The van der Waals surface area contributed by atoms with Crippen molar-refractivity contribution in [2.45, 2.75) is 32.2 Å². The molecule has 1 aliphatic heterocycles. The molecular weight excluding hydrogens is 242 g/mol. The number of fused-ring (bicyclic) bond motifs is 1. The highest BCUT2D eigenvalue weighted by Crippen LogP contribution is 2.25. The molecule has 3 nitrogen and oxygen atoms in total. The molecule has 1 aliphatic rings. The molecule has 3 rings (SSSR count). The molecule has 2 aromatic rings. The molecule has 0 aliphatic carbocycles. The Labute approximate surface area is 112 Å². The third kappa shape index (κ3) is 2.65. The Morgan fingerprint density at radius 2 is 1.94 bits per heavy atom. The molecule has 1 fully saturated rings. The van der Waals surface area contributed by atoms with E-state index in [0.29, 0.717) is 5.13 Å². The summed E-state index contributed by atoms with van der Waals surface area (Å²) < 4.78 is 1.21. The summed E-state index contributed by atoms with van der Waals surface area (Å²) in [6, 6.07) is 6.52. The fraction of sp³-hybridized carbons (Fsp3) is 0.500. The van der Waals surface area contributed by atoms with E-state index in [1.807, 2.05) is 0 Å². The van der Waals surface area contributed by atoms with Crippen LogP contribution in [0.15, 0.2) is 18.2 Å². The smallest absolute Gasteiger partial charge is 0.181 e. The fourth-order valence-corrected chi connectivity index (χ4v) is 3.44. The van der Waals surface area contributed by atoms with E-state index >= 15 is 0 Å². The van der Waals surface area contributed by atoms with Crippen molar-refractivity contribution in [3.05, 3.63) is 23.8 Å². The number of rotatable bonds is 2. The summed E-state index contributed by atoms with van der Waals surface area (Å²) in [4.78, 5) is 6.87. The van der Waals surface area contributed by atoms with Crippen molar-refractivity contribution in [2.75, 3.05) is 18.8 Å². The van der Waals surface area contributed by atoms with Crippen LogP contribution in [0.4, 0.5) is 5.13 Å². The summed E-state index contributed by atoms with van der Waals surface area (Å²) >= 11 is 1.58. The van der Waals surface area contributed by atoms with Gasteiger partial charge in [0.05, 0.1) is 10.2 Å². The molecule has 96 valence electrons. The standard InChI is InChI=1S/C14H19N3S/c15-14-16-12-6-5-11(9-13(12)18-14)10-17-7-3-1-2-4-8-17/h5-6,9H,1-4,7-8,10H2,(H2,15,16). The van der Waals surface area contributed by atoms with Crippen LogP contribution in [0.3, 0.4) is 0 Å². The van der Waals surface area contributed by atoms with Crippen molar-refractivity contribution >= 4 is 26.7 Å². The quantitative estimate of drug-likeness (QED) is 0.902. The first-order valence-electron chi connectivity index (χ1n) is 6.68. The molecule has 2 N–H and O–H groups in total. The summed E-state index contributed by atoms with van der Waals surface area (Å²) in [6.45, 7) is 3.54. The molecule has 0 saturated carbocycles. The first kappa shape index (κ1) is 11.9. The maximum atomic E-state index is 5.74. The van der Waals surface area contributed by atoms with Crippen LogP contribution in [0.25, 0.3) is 10.2 Å². The van der Waals surface area contributed by atoms with Gasteiger partial charge in [0.25, 0.3) is 0 Å². The van der Waals surface area contributed by atoms with Crippen molar-refractivity contribution in [3.63, 3.8) is 0 Å². The topological polar surface area (TPSA) is 42.1 Å².